The summed E-state index contributed by atoms with van der Waals surface area (Å²) in [7, 11) is 0. The smallest absolute Gasteiger partial charge is 0.0705 e. The minimum atomic E-state index is 1.15. The predicted molar refractivity (Wildman–Crippen MR) is 97.4 cm³/mol. The summed E-state index contributed by atoms with van der Waals surface area (Å²) in [5, 5.41) is 1.30. The highest BCUT2D eigenvalue weighted by molar-refractivity contribution is 5.79. The average molecular weight is 297 g/mol. The zero-order valence-electron chi connectivity index (χ0n) is 14.4. The van der Waals surface area contributed by atoms with Crippen molar-refractivity contribution in [2.24, 2.45) is 0 Å². The number of hydrogen-bond acceptors (Lipinski definition) is 1. The fourth-order valence-electron chi connectivity index (χ4n) is 3.09. The second-order valence-corrected chi connectivity index (χ2v) is 6.41. The largest absolute Gasteiger partial charge is 0.253 e. The molecule has 1 aromatic heterocycles. The number of fused-ring (bicyclic) bond motifs is 1. The molecule has 1 heterocycles. The van der Waals surface area contributed by atoms with Gasteiger partial charge in [0.05, 0.1) is 5.52 Å². The summed E-state index contributed by atoms with van der Waals surface area (Å²) in [5.41, 5.74) is 4.00. The molecule has 22 heavy (non-hydrogen) atoms. The van der Waals surface area contributed by atoms with Crippen molar-refractivity contribution in [2.45, 2.75) is 78.1 Å². The molecular weight excluding hydrogens is 266 g/mol. The highest BCUT2D eigenvalue weighted by Crippen LogP contribution is 2.21. The Kier molecular flexibility index (Phi) is 7.42. The van der Waals surface area contributed by atoms with Gasteiger partial charge < -0.3 is 0 Å². The maximum Gasteiger partial charge on any atom is 0.0705 e. The van der Waals surface area contributed by atoms with E-state index in [2.05, 4.69) is 44.2 Å². The number of aromatic nitrogens is 1. The normalized spacial score (nSPS) is 11.2. The number of nitrogens with zero attached hydrogens (tertiary/aromatic N) is 1. The molecule has 0 bridgehead atoms. The van der Waals surface area contributed by atoms with Crippen LogP contribution >= 0.6 is 0 Å². The summed E-state index contributed by atoms with van der Waals surface area (Å²) in [6, 6.07) is 10.9. The van der Waals surface area contributed by atoms with Gasteiger partial charge in [0.25, 0.3) is 0 Å². The van der Waals surface area contributed by atoms with Crippen molar-refractivity contribution in [3.63, 3.8) is 0 Å². The minimum absolute atomic E-state index is 1.15. The fourth-order valence-corrected chi connectivity index (χ4v) is 3.09. The molecule has 2 rings (SSSR count). The molecule has 1 nitrogen and oxygen atoms in total. The molecule has 1 aromatic carbocycles. The van der Waals surface area contributed by atoms with E-state index in [0.717, 1.165) is 11.9 Å². The highest BCUT2D eigenvalue weighted by atomic mass is 14.7. The third kappa shape index (κ3) is 5.12. The molecule has 0 saturated heterocycles. The maximum atomic E-state index is 4.97. The van der Waals surface area contributed by atoms with Gasteiger partial charge in [-0.1, -0.05) is 70.6 Å². The van der Waals surface area contributed by atoms with E-state index < -0.39 is 0 Å². The highest BCUT2D eigenvalue weighted by Gasteiger charge is 2.07. The number of aryl methyl sites for hydroxylation is 2. The van der Waals surface area contributed by atoms with Crippen LogP contribution in [0.4, 0.5) is 0 Å². The summed E-state index contributed by atoms with van der Waals surface area (Å²) in [5.74, 6) is 0. The SMILES string of the molecule is CCCCCCc1cc2ccccc2nc1CCCCCC. The van der Waals surface area contributed by atoms with Gasteiger partial charge in [-0.3, -0.25) is 4.98 Å². The lowest BCUT2D eigenvalue weighted by atomic mass is 9.99. The number of rotatable bonds is 10. The lowest BCUT2D eigenvalue weighted by Crippen LogP contribution is -2.00. The van der Waals surface area contributed by atoms with Gasteiger partial charge in [0, 0.05) is 11.1 Å². The minimum Gasteiger partial charge on any atom is -0.253 e. The average Bonchev–Trinajstić information content (AvgIpc) is 2.55. The van der Waals surface area contributed by atoms with E-state index in [-0.39, 0.29) is 0 Å². The Hall–Kier alpha value is -1.37. The Morgan fingerprint density at radius 2 is 1.45 bits per heavy atom. The molecule has 0 aliphatic heterocycles. The van der Waals surface area contributed by atoms with E-state index in [9.17, 15) is 0 Å². The first-order valence-electron chi connectivity index (χ1n) is 9.22. The quantitative estimate of drug-likeness (QED) is 0.457. The third-order valence-electron chi connectivity index (χ3n) is 4.46. The van der Waals surface area contributed by atoms with Gasteiger partial charge in [0.15, 0.2) is 0 Å². The van der Waals surface area contributed by atoms with Gasteiger partial charge >= 0.3 is 0 Å². The molecule has 0 aliphatic rings. The van der Waals surface area contributed by atoms with Crippen LogP contribution in [-0.2, 0) is 12.8 Å². The first kappa shape index (κ1) is 17.0. The van der Waals surface area contributed by atoms with Gasteiger partial charge in [-0.25, -0.2) is 0 Å². The molecule has 0 aliphatic carbocycles. The molecule has 0 fully saturated rings. The molecule has 0 saturated carbocycles. The number of para-hydroxylation sites is 1. The fraction of sp³-hybridized carbons (Fsp3) is 0.571. The predicted octanol–water partition coefficient (Wildman–Crippen LogP) is 6.48. The molecule has 0 amide bonds. The van der Waals surface area contributed by atoms with E-state index in [4.69, 9.17) is 4.98 Å². The number of benzene rings is 1. The number of unbranched alkanes of at least 4 members (excludes halogenated alkanes) is 6. The van der Waals surface area contributed by atoms with Crippen molar-refractivity contribution in [3.8, 4) is 0 Å². The molecule has 0 spiro atoms. The standard InChI is InChI=1S/C21H31N/c1-3-5-7-9-13-18-17-19-14-11-12-16-21(19)22-20(18)15-10-8-6-4-2/h11-12,14,16-17H,3-10,13,15H2,1-2H3. The van der Waals surface area contributed by atoms with Crippen LogP contribution in [-0.4, -0.2) is 4.98 Å². The number of hydrogen-bond donors (Lipinski definition) is 0. The monoisotopic (exact) mass is 297 g/mol. The summed E-state index contributed by atoms with van der Waals surface area (Å²) < 4.78 is 0. The van der Waals surface area contributed by atoms with Gasteiger partial charge in [-0.05, 0) is 43.4 Å². The van der Waals surface area contributed by atoms with Crippen LogP contribution in [0, 0.1) is 0 Å². The summed E-state index contributed by atoms with van der Waals surface area (Å²) >= 11 is 0. The molecule has 0 N–H and O–H groups in total. The summed E-state index contributed by atoms with van der Waals surface area (Å²) in [6.45, 7) is 4.55. The Bertz CT molecular complexity index is 508. The van der Waals surface area contributed by atoms with Gasteiger partial charge in [-0.2, -0.15) is 0 Å². The zero-order valence-corrected chi connectivity index (χ0v) is 14.4. The second-order valence-electron chi connectivity index (χ2n) is 6.41. The van der Waals surface area contributed by atoms with Crippen molar-refractivity contribution < 1.29 is 0 Å². The van der Waals surface area contributed by atoms with Crippen molar-refractivity contribution in [1.29, 1.82) is 0 Å². The van der Waals surface area contributed by atoms with Crippen LogP contribution < -0.4 is 0 Å². The van der Waals surface area contributed by atoms with E-state index in [1.54, 1.807) is 0 Å². The molecule has 0 radical (unpaired) electrons. The van der Waals surface area contributed by atoms with E-state index in [1.165, 1.54) is 74.4 Å². The summed E-state index contributed by atoms with van der Waals surface area (Å²) in [4.78, 5) is 4.97. The van der Waals surface area contributed by atoms with Crippen molar-refractivity contribution >= 4 is 10.9 Å². The van der Waals surface area contributed by atoms with Crippen LogP contribution in [0.5, 0.6) is 0 Å². The van der Waals surface area contributed by atoms with Gasteiger partial charge in [-0.15, -0.1) is 0 Å². The second kappa shape index (κ2) is 9.61. The zero-order chi connectivity index (χ0) is 15.6. The topological polar surface area (TPSA) is 12.9 Å². The first-order chi connectivity index (χ1) is 10.8. The van der Waals surface area contributed by atoms with Gasteiger partial charge in [0.1, 0.15) is 0 Å². The maximum absolute atomic E-state index is 4.97. The van der Waals surface area contributed by atoms with Crippen LogP contribution in [0.1, 0.15) is 76.5 Å². The van der Waals surface area contributed by atoms with Crippen molar-refractivity contribution in [3.05, 3.63) is 41.6 Å². The third-order valence-corrected chi connectivity index (χ3v) is 4.46. The van der Waals surface area contributed by atoms with Crippen LogP contribution in [0.25, 0.3) is 10.9 Å². The van der Waals surface area contributed by atoms with Crippen LogP contribution in [0.15, 0.2) is 30.3 Å². The van der Waals surface area contributed by atoms with Crippen molar-refractivity contribution in [1.82, 2.24) is 4.98 Å². The number of pyridine rings is 1. The Labute approximate surface area is 136 Å². The molecule has 120 valence electrons. The first-order valence-corrected chi connectivity index (χ1v) is 9.22. The Balaban J connectivity index is 2.09. The summed E-state index contributed by atoms with van der Waals surface area (Å²) in [6.07, 6.45) is 12.9. The molecule has 1 heteroatoms. The van der Waals surface area contributed by atoms with Crippen LogP contribution in [0.3, 0.4) is 0 Å². The Morgan fingerprint density at radius 1 is 0.773 bits per heavy atom. The molecule has 0 atom stereocenters. The Morgan fingerprint density at radius 3 is 2.18 bits per heavy atom. The lowest BCUT2D eigenvalue weighted by Gasteiger charge is -2.11. The van der Waals surface area contributed by atoms with Crippen molar-refractivity contribution in [2.75, 3.05) is 0 Å². The van der Waals surface area contributed by atoms with E-state index in [0.29, 0.717) is 0 Å². The lowest BCUT2D eigenvalue weighted by molar-refractivity contribution is 0.645. The van der Waals surface area contributed by atoms with Gasteiger partial charge in [0.2, 0.25) is 0 Å². The van der Waals surface area contributed by atoms with E-state index >= 15 is 0 Å². The molecule has 0 unspecified atom stereocenters. The van der Waals surface area contributed by atoms with E-state index in [1.807, 2.05) is 0 Å². The molecule has 2 aromatic rings. The molecular formula is C21H31N. The van der Waals surface area contributed by atoms with Crippen LogP contribution in [0.2, 0.25) is 0 Å².